The van der Waals surface area contributed by atoms with Crippen LogP contribution in [0.2, 0.25) is 0 Å². The molecule has 0 amide bonds. The minimum atomic E-state index is -0.952. The summed E-state index contributed by atoms with van der Waals surface area (Å²) in [7, 11) is 1.72. The smallest absolute Gasteiger partial charge is 0.184 e. The molecule has 3 heterocycles. The molecule has 1 aromatic rings. The van der Waals surface area contributed by atoms with Crippen LogP contribution in [0, 0.1) is 11.6 Å². The number of anilines is 2. The Balaban J connectivity index is 2.09. The van der Waals surface area contributed by atoms with E-state index in [9.17, 15) is 13.6 Å². The fraction of sp³-hybridized carbons (Fsp3) is 0.308. The van der Waals surface area contributed by atoms with Crippen LogP contribution in [-0.2, 0) is 0 Å². The summed E-state index contributed by atoms with van der Waals surface area (Å²) < 4.78 is 27.7. The molecule has 6 heteroatoms. The Labute approximate surface area is 112 Å². The number of likely N-dealkylation sites (N-methyl/N-ethyl adjacent to an activating group) is 1. The third kappa shape index (κ3) is 1.30. The molecule has 0 aliphatic carbocycles. The first kappa shape index (κ1) is 11.3. The van der Waals surface area contributed by atoms with Crippen LogP contribution in [0.4, 0.5) is 20.2 Å². The maximum Gasteiger partial charge on any atom is 0.184 e. The molecule has 1 unspecified atom stereocenters. The molecule has 4 rings (SSSR count). The number of hydrogen-bond donors (Lipinski definition) is 0. The highest BCUT2D eigenvalue weighted by Gasteiger charge is 2.43. The van der Waals surface area contributed by atoms with Gasteiger partial charge in [-0.15, -0.1) is 11.8 Å². The highest BCUT2D eigenvalue weighted by atomic mass is 32.2. The molecule has 19 heavy (non-hydrogen) atoms. The zero-order valence-corrected chi connectivity index (χ0v) is 10.9. The molecule has 0 fully saturated rings. The van der Waals surface area contributed by atoms with E-state index in [1.54, 1.807) is 23.7 Å². The van der Waals surface area contributed by atoms with Gasteiger partial charge in [0, 0.05) is 24.7 Å². The van der Waals surface area contributed by atoms with Crippen LogP contribution >= 0.6 is 11.8 Å². The molecular weight excluding hydrogens is 270 g/mol. The first-order chi connectivity index (χ1) is 9.08. The van der Waals surface area contributed by atoms with E-state index in [0.29, 0.717) is 24.2 Å². The molecule has 0 aromatic heterocycles. The van der Waals surface area contributed by atoms with Crippen molar-refractivity contribution in [3.63, 3.8) is 0 Å². The topological polar surface area (TPSA) is 23.6 Å². The van der Waals surface area contributed by atoms with E-state index in [1.807, 2.05) is 10.3 Å². The van der Waals surface area contributed by atoms with Crippen LogP contribution < -0.4 is 9.80 Å². The lowest BCUT2D eigenvalue weighted by Gasteiger charge is -2.42. The largest absolute Gasteiger partial charge is 0.365 e. The number of carbonyl (C=O) groups is 1. The van der Waals surface area contributed by atoms with Gasteiger partial charge in [-0.25, -0.2) is 8.78 Å². The maximum atomic E-state index is 14.1. The highest BCUT2D eigenvalue weighted by Crippen LogP contribution is 2.51. The highest BCUT2D eigenvalue weighted by molar-refractivity contribution is 8.03. The molecule has 0 N–H and O–H groups in total. The van der Waals surface area contributed by atoms with Crippen LogP contribution in [0.5, 0.6) is 0 Å². The number of benzene rings is 1. The van der Waals surface area contributed by atoms with Gasteiger partial charge in [-0.2, -0.15) is 0 Å². The van der Waals surface area contributed by atoms with Crippen molar-refractivity contribution < 1.29 is 13.6 Å². The Bertz CT molecular complexity index is 659. The predicted molar refractivity (Wildman–Crippen MR) is 70.5 cm³/mol. The number of carbonyl (C=O) groups excluding carboxylic acids is 1. The predicted octanol–water partition coefficient (Wildman–Crippen LogP) is 2.72. The second kappa shape index (κ2) is 3.50. The Kier molecular flexibility index (Phi) is 2.08. The first-order valence-corrected chi connectivity index (χ1v) is 6.92. The summed E-state index contributed by atoms with van der Waals surface area (Å²) in [6.07, 6.45) is 0.339. The molecule has 3 aliphatic heterocycles. The lowest BCUT2D eigenvalue weighted by Crippen LogP contribution is -2.44. The molecule has 0 saturated heterocycles. The number of hydrogen-bond acceptors (Lipinski definition) is 4. The van der Waals surface area contributed by atoms with Crippen LogP contribution in [0.3, 0.4) is 0 Å². The summed E-state index contributed by atoms with van der Waals surface area (Å²) >= 11 is 1.57. The monoisotopic (exact) mass is 280 g/mol. The van der Waals surface area contributed by atoms with Crippen molar-refractivity contribution in [2.75, 3.05) is 23.4 Å². The minimum absolute atomic E-state index is 0.00712. The molecule has 1 aromatic carbocycles. The van der Waals surface area contributed by atoms with Crippen molar-refractivity contribution in [2.45, 2.75) is 11.8 Å². The summed E-state index contributed by atoms with van der Waals surface area (Å²) in [5.41, 5.74) is 2.08. The van der Waals surface area contributed by atoms with Gasteiger partial charge in [-0.05, 0) is 11.5 Å². The van der Waals surface area contributed by atoms with Gasteiger partial charge >= 0.3 is 0 Å². The van der Waals surface area contributed by atoms with Gasteiger partial charge in [-0.1, -0.05) is 0 Å². The van der Waals surface area contributed by atoms with Gasteiger partial charge in [0.05, 0.1) is 17.6 Å². The van der Waals surface area contributed by atoms with E-state index in [1.165, 1.54) is 0 Å². The third-order valence-corrected chi connectivity index (χ3v) is 4.91. The summed E-state index contributed by atoms with van der Waals surface area (Å²) in [4.78, 5) is 15.8. The average molecular weight is 280 g/mol. The number of rotatable bonds is 0. The molecule has 98 valence electrons. The van der Waals surface area contributed by atoms with Crippen LogP contribution in [0.1, 0.15) is 16.8 Å². The average Bonchev–Trinajstić information content (AvgIpc) is 2.75. The molecule has 1 atom stereocenters. The second-order valence-electron chi connectivity index (χ2n) is 4.97. The Morgan fingerprint density at radius 2 is 2.16 bits per heavy atom. The van der Waals surface area contributed by atoms with Crippen molar-refractivity contribution >= 4 is 28.9 Å². The summed E-state index contributed by atoms with van der Waals surface area (Å²) in [6.45, 7) is 0.532. The zero-order valence-electron chi connectivity index (χ0n) is 10.1. The van der Waals surface area contributed by atoms with Crippen molar-refractivity contribution in [1.82, 2.24) is 0 Å². The van der Waals surface area contributed by atoms with Crippen molar-refractivity contribution in [2.24, 2.45) is 0 Å². The van der Waals surface area contributed by atoms with E-state index in [0.717, 1.165) is 11.8 Å². The van der Waals surface area contributed by atoms with Crippen molar-refractivity contribution in [3.05, 3.63) is 34.4 Å². The van der Waals surface area contributed by atoms with E-state index in [4.69, 9.17) is 0 Å². The third-order valence-electron chi connectivity index (χ3n) is 3.81. The van der Waals surface area contributed by atoms with Gasteiger partial charge in [0.15, 0.2) is 17.4 Å². The fourth-order valence-electron chi connectivity index (χ4n) is 3.00. The fourth-order valence-corrected chi connectivity index (χ4v) is 4.11. The number of ketones is 1. The lowest BCUT2D eigenvalue weighted by molar-refractivity contribution is 0.0977. The van der Waals surface area contributed by atoms with E-state index >= 15 is 0 Å². The quantitative estimate of drug-likeness (QED) is 0.729. The number of nitrogens with zero attached hydrogens (tertiary/aromatic N) is 2. The Morgan fingerprint density at radius 3 is 2.95 bits per heavy atom. The van der Waals surface area contributed by atoms with Gasteiger partial charge in [0.1, 0.15) is 5.69 Å². The first-order valence-electron chi connectivity index (χ1n) is 5.98. The van der Waals surface area contributed by atoms with Crippen LogP contribution in [0.15, 0.2) is 17.2 Å². The van der Waals surface area contributed by atoms with Gasteiger partial charge < -0.3 is 9.80 Å². The van der Waals surface area contributed by atoms with Gasteiger partial charge in [-0.3, -0.25) is 4.79 Å². The van der Waals surface area contributed by atoms with E-state index in [-0.39, 0.29) is 16.8 Å². The normalized spacial score (nSPS) is 23.6. The standard InChI is InChI=1S/C13H10F2N2OS/c1-16-4-6-5-19-10-3-9(18)7-2-8(14)11(15)13(16)12(7)17(6)10/h2,5,10H,3-4H2,1H3. The van der Waals surface area contributed by atoms with Crippen LogP contribution in [0.25, 0.3) is 0 Å². The maximum absolute atomic E-state index is 14.1. The summed E-state index contributed by atoms with van der Waals surface area (Å²) in [6, 6.07) is 1.03. The summed E-state index contributed by atoms with van der Waals surface area (Å²) in [5, 5.41) is 2.00. The molecule has 0 bridgehead atoms. The molecular formula is C13H10F2N2OS. The second-order valence-corrected chi connectivity index (χ2v) is 6.02. The number of Topliss-reactive ketones (excluding diaryl/α,β-unsaturated/α-hetero) is 1. The zero-order chi connectivity index (χ0) is 13.3. The van der Waals surface area contributed by atoms with E-state index in [2.05, 4.69) is 0 Å². The molecule has 0 radical (unpaired) electrons. The van der Waals surface area contributed by atoms with Gasteiger partial charge in [0.2, 0.25) is 0 Å². The van der Waals surface area contributed by atoms with Crippen LogP contribution in [-0.4, -0.2) is 24.7 Å². The lowest BCUT2D eigenvalue weighted by atomic mass is 9.95. The number of thioether (sulfide) groups is 1. The molecule has 0 saturated carbocycles. The molecule has 3 nitrogen and oxygen atoms in total. The summed E-state index contributed by atoms with van der Waals surface area (Å²) in [5.74, 6) is -1.94. The SMILES string of the molecule is CN1CC2=CSC3CC(=O)c4cc(F)c(F)c1c4N23. The Morgan fingerprint density at radius 1 is 1.37 bits per heavy atom. The van der Waals surface area contributed by atoms with Crippen molar-refractivity contribution in [3.8, 4) is 0 Å². The minimum Gasteiger partial charge on any atom is -0.365 e. The Hall–Kier alpha value is -1.56. The van der Waals surface area contributed by atoms with E-state index < -0.39 is 11.6 Å². The van der Waals surface area contributed by atoms with Crippen molar-refractivity contribution in [1.29, 1.82) is 0 Å². The molecule has 3 aliphatic rings. The number of halogens is 2. The van der Waals surface area contributed by atoms with Gasteiger partial charge in [0.25, 0.3) is 0 Å². The molecule has 0 spiro atoms.